The summed E-state index contributed by atoms with van der Waals surface area (Å²) in [5.41, 5.74) is -1.28. The third-order valence-electron chi connectivity index (χ3n) is 6.28. The molecule has 1 unspecified atom stereocenters. The molecule has 1 saturated carbocycles. The molecule has 26 heavy (non-hydrogen) atoms. The Labute approximate surface area is 157 Å². The summed E-state index contributed by atoms with van der Waals surface area (Å²) in [6, 6.07) is 0. The van der Waals surface area contributed by atoms with Gasteiger partial charge in [-0.2, -0.15) is 4.98 Å². The molecule has 6 nitrogen and oxygen atoms in total. The SMILES string of the molecule is CC(C)(C)c1nc(C[C@@H]2CCC(C)(N(C(=O)O)C(C)(C)C)C2(C)C)no1. The third-order valence-corrected chi connectivity index (χ3v) is 6.28. The monoisotopic (exact) mass is 365 g/mol. The molecule has 1 N–H and O–H groups in total. The zero-order chi connectivity index (χ0) is 20.1. The Bertz CT molecular complexity index is 667. The van der Waals surface area contributed by atoms with Gasteiger partial charge in [0.2, 0.25) is 5.89 Å². The van der Waals surface area contributed by atoms with E-state index in [1.165, 1.54) is 0 Å². The van der Waals surface area contributed by atoms with Gasteiger partial charge in [0, 0.05) is 22.9 Å². The summed E-state index contributed by atoms with van der Waals surface area (Å²) in [5, 5.41) is 14.1. The van der Waals surface area contributed by atoms with Gasteiger partial charge in [0.15, 0.2) is 5.82 Å². The first-order valence-electron chi connectivity index (χ1n) is 9.47. The van der Waals surface area contributed by atoms with Crippen LogP contribution in [0, 0.1) is 11.3 Å². The van der Waals surface area contributed by atoms with Crippen LogP contribution < -0.4 is 0 Å². The van der Waals surface area contributed by atoms with Crippen LogP contribution in [-0.4, -0.2) is 37.3 Å². The van der Waals surface area contributed by atoms with Crippen LogP contribution in [-0.2, 0) is 11.8 Å². The molecule has 1 aromatic heterocycles. The van der Waals surface area contributed by atoms with Crippen LogP contribution in [0.2, 0.25) is 0 Å². The lowest BCUT2D eigenvalue weighted by Crippen LogP contribution is -2.63. The highest BCUT2D eigenvalue weighted by Gasteiger charge is 2.58. The second-order valence-corrected chi connectivity index (χ2v) is 10.5. The Balaban J connectivity index is 2.29. The van der Waals surface area contributed by atoms with Crippen molar-refractivity contribution in [3.05, 3.63) is 11.7 Å². The highest BCUT2D eigenvalue weighted by atomic mass is 16.5. The standard InChI is InChI=1S/C20H35N3O3/c1-17(2,3)15-21-14(22-26-15)12-13-10-11-20(9,19(13,7)8)23(16(24)25)18(4,5)6/h13H,10-12H2,1-9H3,(H,24,25)/t13-,20?/m0/s1. The van der Waals surface area contributed by atoms with Gasteiger partial charge in [-0.05, 0) is 51.9 Å². The van der Waals surface area contributed by atoms with Gasteiger partial charge in [-0.3, -0.25) is 4.90 Å². The first kappa shape index (κ1) is 20.7. The van der Waals surface area contributed by atoms with E-state index in [-0.39, 0.29) is 10.8 Å². The largest absolute Gasteiger partial charge is 0.465 e. The van der Waals surface area contributed by atoms with Crippen LogP contribution in [0.25, 0.3) is 0 Å². The minimum absolute atomic E-state index is 0.169. The number of hydrogen-bond donors (Lipinski definition) is 1. The lowest BCUT2D eigenvalue weighted by atomic mass is 9.68. The Hall–Kier alpha value is -1.59. The van der Waals surface area contributed by atoms with E-state index in [0.717, 1.165) is 18.7 Å². The van der Waals surface area contributed by atoms with Gasteiger partial charge < -0.3 is 9.63 Å². The molecule has 1 aliphatic carbocycles. The molecule has 2 rings (SSSR count). The number of nitrogens with zero attached hydrogens (tertiary/aromatic N) is 3. The molecule has 1 aromatic rings. The molecule has 0 radical (unpaired) electrons. The Morgan fingerprint density at radius 3 is 2.23 bits per heavy atom. The van der Waals surface area contributed by atoms with E-state index in [1.54, 1.807) is 4.90 Å². The van der Waals surface area contributed by atoms with E-state index in [2.05, 4.69) is 51.7 Å². The number of carboxylic acid groups (broad SMARTS) is 1. The van der Waals surface area contributed by atoms with E-state index in [9.17, 15) is 9.90 Å². The molecule has 0 bridgehead atoms. The Morgan fingerprint density at radius 1 is 1.23 bits per heavy atom. The number of amides is 1. The second-order valence-electron chi connectivity index (χ2n) is 10.5. The van der Waals surface area contributed by atoms with Crippen molar-refractivity contribution in [1.29, 1.82) is 0 Å². The minimum atomic E-state index is -0.858. The predicted molar refractivity (Wildman–Crippen MR) is 101 cm³/mol. The van der Waals surface area contributed by atoms with E-state index in [0.29, 0.717) is 18.2 Å². The molecule has 0 saturated heterocycles. The zero-order valence-electron chi connectivity index (χ0n) is 17.8. The molecule has 1 fully saturated rings. The van der Waals surface area contributed by atoms with Crippen molar-refractivity contribution < 1.29 is 14.4 Å². The minimum Gasteiger partial charge on any atom is -0.465 e. The fourth-order valence-corrected chi connectivity index (χ4v) is 4.44. The van der Waals surface area contributed by atoms with Crippen LogP contribution in [0.1, 0.15) is 86.9 Å². The molecule has 0 aromatic carbocycles. The third kappa shape index (κ3) is 3.47. The molecular formula is C20H35N3O3. The topological polar surface area (TPSA) is 79.5 Å². The Kier molecular flexibility index (Phi) is 4.97. The Morgan fingerprint density at radius 2 is 1.81 bits per heavy atom. The van der Waals surface area contributed by atoms with Gasteiger partial charge in [-0.15, -0.1) is 0 Å². The highest BCUT2D eigenvalue weighted by Crippen LogP contribution is 2.55. The van der Waals surface area contributed by atoms with Gasteiger partial charge in [-0.1, -0.05) is 39.8 Å². The molecule has 2 atom stereocenters. The summed E-state index contributed by atoms with van der Waals surface area (Å²) in [6.45, 7) is 18.5. The van der Waals surface area contributed by atoms with E-state index in [4.69, 9.17) is 4.52 Å². The number of aromatic nitrogens is 2. The molecule has 1 aliphatic rings. The van der Waals surface area contributed by atoms with Crippen LogP contribution in [0.4, 0.5) is 4.79 Å². The van der Waals surface area contributed by atoms with Crippen molar-refractivity contribution in [2.75, 3.05) is 0 Å². The van der Waals surface area contributed by atoms with Crippen molar-refractivity contribution in [2.45, 2.75) is 98.1 Å². The van der Waals surface area contributed by atoms with Crippen LogP contribution in [0.3, 0.4) is 0 Å². The highest BCUT2D eigenvalue weighted by molar-refractivity contribution is 5.67. The fraction of sp³-hybridized carbons (Fsp3) is 0.850. The van der Waals surface area contributed by atoms with E-state index < -0.39 is 17.2 Å². The molecule has 6 heteroatoms. The first-order chi connectivity index (χ1) is 11.6. The van der Waals surface area contributed by atoms with Crippen molar-refractivity contribution in [2.24, 2.45) is 11.3 Å². The van der Waals surface area contributed by atoms with E-state index >= 15 is 0 Å². The maximum Gasteiger partial charge on any atom is 0.408 e. The van der Waals surface area contributed by atoms with Crippen LogP contribution in [0.15, 0.2) is 4.52 Å². The average molecular weight is 366 g/mol. The van der Waals surface area contributed by atoms with Crippen molar-refractivity contribution in [1.82, 2.24) is 15.0 Å². The average Bonchev–Trinajstić information content (AvgIpc) is 2.96. The maximum atomic E-state index is 12.1. The van der Waals surface area contributed by atoms with Gasteiger partial charge in [0.1, 0.15) is 0 Å². The second kappa shape index (κ2) is 6.24. The van der Waals surface area contributed by atoms with Gasteiger partial charge in [0.05, 0.1) is 0 Å². The molecule has 0 aliphatic heterocycles. The predicted octanol–water partition coefficient (Wildman–Crippen LogP) is 4.88. The fourth-order valence-electron chi connectivity index (χ4n) is 4.44. The molecular weight excluding hydrogens is 330 g/mol. The van der Waals surface area contributed by atoms with Crippen LogP contribution in [0.5, 0.6) is 0 Å². The summed E-state index contributed by atoms with van der Waals surface area (Å²) in [7, 11) is 0. The first-order valence-corrected chi connectivity index (χ1v) is 9.47. The van der Waals surface area contributed by atoms with Crippen molar-refractivity contribution in [3.8, 4) is 0 Å². The summed E-state index contributed by atoms with van der Waals surface area (Å²) >= 11 is 0. The molecule has 1 amide bonds. The lowest BCUT2D eigenvalue weighted by molar-refractivity contribution is -0.0360. The lowest BCUT2D eigenvalue weighted by Gasteiger charge is -2.53. The van der Waals surface area contributed by atoms with E-state index in [1.807, 2.05) is 20.8 Å². The normalized spacial score (nSPS) is 26.1. The summed E-state index contributed by atoms with van der Waals surface area (Å²) < 4.78 is 5.43. The van der Waals surface area contributed by atoms with Gasteiger partial charge >= 0.3 is 6.09 Å². The number of hydrogen-bond acceptors (Lipinski definition) is 4. The van der Waals surface area contributed by atoms with Crippen molar-refractivity contribution >= 4 is 6.09 Å². The van der Waals surface area contributed by atoms with Crippen LogP contribution >= 0.6 is 0 Å². The number of rotatable bonds is 3. The summed E-state index contributed by atoms with van der Waals surface area (Å²) in [6.07, 6.45) is 1.63. The number of carbonyl (C=O) groups is 1. The maximum absolute atomic E-state index is 12.1. The molecule has 0 spiro atoms. The quantitative estimate of drug-likeness (QED) is 0.825. The van der Waals surface area contributed by atoms with Gasteiger partial charge in [-0.25, -0.2) is 4.79 Å². The molecule has 1 heterocycles. The summed E-state index contributed by atoms with van der Waals surface area (Å²) in [5.74, 6) is 1.66. The van der Waals surface area contributed by atoms with Gasteiger partial charge in [0.25, 0.3) is 0 Å². The molecule has 148 valence electrons. The smallest absolute Gasteiger partial charge is 0.408 e. The zero-order valence-corrected chi connectivity index (χ0v) is 17.8. The summed E-state index contributed by atoms with van der Waals surface area (Å²) in [4.78, 5) is 18.3. The van der Waals surface area contributed by atoms with Crippen molar-refractivity contribution in [3.63, 3.8) is 0 Å².